The third kappa shape index (κ3) is 5.07. The second kappa shape index (κ2) is 8.65. The maximum atomic E-state index is 11.3. The lowest BCUT2D eigenvalue weighted by Crippen LogP contribution is -2.35. The summed E-state index contributed by atoms with van der Waals surface area (Å²) in [4.78, 5) is 11.3. The third-order valence-corrected chi connectivity index (χ3v) is 4.64. The molecular formula is C17H25BrO4. The SMILES string of the molecule is COC(=O)C(C)OCCCC(C)(c1cccc(Br)c1)C(C)O. The minimum atomic E-state index is -0.561. The van der Waals surface area contributed by atoms with Gasteiger partial charge in [0.15, 0.2) is 6.10 Å². The van der Waals surface area contributed by atoms with Gasteiger partial charge in [0, 0.05) is 16.5 Å². The molecule has 3 atom stereocenters. The van der Waals surface area contributed by atoms with Crippen LogP contribution in [0.15, 0.2) is 28.7 Å². The number of aliphatic hydroxyl groups excluding tert-OH is 1. The minimum Gasteiger partial charge on any atom is -0.467 e. The molecule has 0 saturated heterocycles. The van der Waals surface area contributed by atoms with Crippen molar-refractivity contribution in [3.8, 4) is 0 Å². The molecule has 0 aliphatic rings. The molecule has 0 aliphatic carbocycles. The Bertz CT molecular complexity index is 489. The summed E-state index contributed by atoms with van der Waals surface area (Å²) in [5.41, 5.74) is 0.722. The van der Waals surface area contributed by atoms with Crippen molar-refractivity contribution < 1.29 is 19.4 Å². The lowest BCUT2D eigenvalue weighted by Gasteiger charge is -2.33. The van der Waals surface area contributed by atoms with Crippen LogP contribution in [0.2, 0.25) is 0 Å². The van der Waals surface area contributed by atoms with Gasteiger partial charge in [0.25, 0.3) is 0 Å². The van der Waals surface area contributed by atoms with E-state index >= 15 is 0 Å². The van der Waals surface area contributed by atoms with Gasteiger partial charge < -0.3 is 14.6 Å². The number of benzene rings is 1. The Kier molecular flexibility index (Phi) is 7.53. The molecule has 124 valence electrons. The Balaban J connectivity index is 2.64. The van der Waals surface area contributed by atoms with Crippen molar-refractivity contribution >= 4 is 21.9 Å². The van der Waals surface area contributed by atoms with Gasteiger partial charge in [-0.25, -0.2) is 4.79 Å². The second-order valence-electron chi connectivity index (χ2n) is 5.74. The second-order valence-corrected chi connectivity index (χ2v) is 6.66. The molecule has 4 nitrogen and oxygen atoms in total. The van der Waals surface area contributed by atoms with Gasteiger partial charge >= 0.3 is 5.97 Å². The van der Waals surface area contributed by atoms with Crippen molar-refractivity contribution in [1.29, 1.82) is 0 Å². The molecule has 0 bridgehead atoms. The summed E-state index contributed by atoms with van der Waals surface area (Å²) in [6, 6.07) is 7.99. The van der Waals surface area contributed by atoms with Crippen molar-refractivity contribution in [3.05, 3.63) is 34.3 Å². The highest BCUT2D eigenvalue weighted by molar-refractivity contribution is 9.10. The predicted molar refractivity (Wildman–Crippen MR) is 89.8 cm³/mol. The van der Waals surface area contributed by atoms with Crippen LogP contribution < -0.4 is 0 Å². The van der Waals surface area contributed by atoms with Crippen LogP contribution in [0.5, 0.6) is 0 Å². The number of methoxy groups -OCH3 is 1. The third-order valence-electron chi connectivity index (χ3n) is 4.15. The predicted octanol–water partition coefficient (Wildman–Crippen LogP) is 3.45. The van der Waals surface area contributed by atoms with Crippen LogP contribution in [0.3, 0.4) is 0 Å². The van der Waals surface area contributed by atoms with Crippen molar-refractivity contribution in [3.63, 3.8) is 0 Å². The quantitative estimate of drug-likeness (QED) is 0.560. The van der Waals surface area contributed by atoms with Crippen LogP contribution in [0, 0.1) is 0 Å². The summed E-state index contributed by atoms with van der Waals surface area (Å²) < 4.78 is 11.1. The van der Waals surface area contributed by atoms with Crippen LogP contribution in [-0.2, 0) is 19.7 Å². The first kappa shape index (κ1) is 19.1. The Morgan fingerprint density at radius 2 is 2.09 bits per heavy atom. The zero-order chi connectivity index (χ0) is 16.8. The molecule has 22 heavy (non-hydrogen) atoms. The molecule has 1 aromatic carbocycles. The number of carbonyl (C=O) groups is 1. The number of halogens is 1. The van der Waals surface area contributed by atoms with Crippen LogP contribution in [0.4, 0.5) is 0 Å². The lowest BCUT2D eigenvalue weighted by atomic mass is 9.74. The van der Waals surface area contributed by atoms with Gasteiger partial charge in [-0.1, -0.05) is 35.0 Å². The molecule has 5 heteroatoms. The molecule has 0 amide bonds. The van der Waals surface area contributed by atoms with Crippen LogP contribution in [0.1, 0.15) is 39.2 Å². The molecule has 1 N–H and O–H groups in total. The normalized spacial score (nSPS) is 16.6. The fourth-order valence-corrected chi connectivity index (χ4v) is 2.77. The standard InChI is InChI=1S/C17H25BrO4/c1-12(16(20)21-4)22-10-6-9-17(3,13(2)19)14-7-5-8-15(18)11-14/h5,7-8,11-13,19H,6,9-10H2,1-4H3. The number of carbonyl (C=O) groups excluding carboxylic acids is 1. The zero-order valence-electron chi connectivity index (χ0n) is 13.6. The fraction of sp³-hybridized carbons (Fsp3) is 0.588. The summed E-state index contributed by atoms with van der Waals surface area (Å²) in [5.74, 6) is -0.370. The maximum absolute atomic E-state index is 11.3. The fourth-order valence-electron chi connectivity index (χ4n) is 2.37. The van der Waals surface area contributed by atoms with E-state index in [1.165, 1.54) is 7.11 Å². The Morgan fingerprint density at radius 1 is 1.41 bits per heavy atom. The largest absolute Gasteiger partial charge is 0.467 e. The van der Waals surface area contributed by atoms with Crippen molar-refractivity contribution in [2.45, 2.75) is 51.2 Å². The molecule has 0 heterocycles. The van der Waals surface area contributed by atoms with E-state index in [-0.39, 0.29) is 11.4 Å². The lowest BCUT2D eigenvalue weighted by molar-refractivity contribution is -0.153. The molecule has 0 radical (unpaired) electrons. The van der Waals surface area contributed by atoms with Crippen LogP contribution in [-0.4, -0.2) is 37.0 Å². The van der Waals surface area contributed by atoms with E-state index in [0.717, 1.165) is 22.9 Å². The Hall–Kier alpha value is -0.910. The molecule has 0 aromatic heterocycles. The summed E-state index contributed by atoms with van der Waals surface area (Å²) in [5, 5.41) is 10.2. The van der Waals surface area contributed by atoms with E-state index in [9.17, 15) is 9.90 Å². The number of ether oxygens (including phenoxy) is 2. The molecular weight excluding hydrogens is 348 g/mol. The number of hydrogen-bond acceptors (Lipinski definition) is 4. The van der Waals surface area contributed by atoms with E-state index in [0.29, 0.717) is 6.61 Å². The van der Waals surface area contributed by atoms with Crippen molar-refractivity contribution in [2.24, 2.45) is 0 Å². The van der Waals surface area contributed by atoms with Crippen LogP contribution >= 0.6 is 15.9 Å². The van der Waals surface area contributed by atoms with Gasteiger partial charge in [-0.3, -0.25) is 0 Å². The summed E-state index contributed by atoms with van der Waals surface area (Å²) in [7, 11) is 1.35. The number of rotatable bonds is 8. The van der Waals surface area contributed by atoms with E-state index < -0.39 is 12.2 Å². The topological polar surface area (TPSA) is 55.8 Å². The molecule has 1 rings (SSSR count). The highest BCUT2D eigenvalue weighted by Crippen LogP contribution is 2.34. The van der Waals surface area contributed by atoms with Crippen LogP contribution in [0.25, 0.3) is 0 Å². The molecule has 3 unspecified atom stereocenters. The first-order valence-electron chi connectivity index (χ1n) is 7.45. The van der Waals surface area contributed by atoms with Gasteiger partial charge in [0.2, 0.25) is 0 Å². The average molecular weight is 373 g/mol. The Morgan fingerprint density at radius 3 is 2.64 bits per heavy atom. The Labute approximate surface area is 140 Å². The summed E-state index contributed by atoms with van der Waals surface area (Å²) in [6.45, 7) is 5.97. The van der Waals surface area contributed by atoms with Gasteiger partial charge in [-0.05, 0) is 44.4 Å². The summed E-state index contributed by atoms with van der Waals surface area (Å²) in [6.07, 6.45) is 0.457. The minimum absolute atomic E-state index is 0.359. The molecule has 0 fully saturated rings. The number of aliphatic hydroxyl groups is 1. The monoisotopic (exact) mass is 372 g/mol. The smallest absolute Gasteiger partial charge is 0.334 e. The molecule has 0 spiro atoms. The van der Waals surface area contributed by atoms with Gasteiger partial charge in [0.1, 0.15) is 0 Å². The van der Waals surface area contributed by atoms with Crippen molar-refractivity contribution in [2.75, 3.05) is 13.7 Å². The van der Waals surface area contributed by atoms with Crippen molar-refractivity contribution in [1.82, 2.24) is 0 Å². The highest BCUT2D eigenvalue weighted by atomic mass is 79.9. The van der Waals surface area contributed by atoms with E-state index in [4.69, 9.17) is 4.74 Å². The van der Waals surface area contributed by atoms with Gasteiger partial charge in [-0.2, -0.15) is 0 Å². The highest BCUT2D eigenvalue weighted by Gasteiger charge is 2.31. The zero-order valence-corrected chi connectivity index (χ0v) is 15.2. The number of hydrogen-bond donors (Lipinski definition) is 1. The molecule has 1 aromatic rings. The first-order chi connectivity index (χ1) is 10.3. The number of esters is 1. The average Bonchev–Trinajstić information content (AvgIpc) is 2.49. The van der Waals surface area contributed by atoms with E-state index in [1.54, 1.807) is 13.8 Å². The van der Waals surface area contributed by atoms with E-state index in [1.807, 2.05) is 31.2 Å². The first-order valence-corrected chi connectivity index (χ1v) is 8.24. The molecule has 0 aliphatic heterocycles. The van der Waals surface area contributed by atoms with Gasteiger partial charge in [0.05, 0.1) is 13.2 Å². The van der Waals surface area contributed by atoms with Gasteiger partial charge in [-0.15, -0.1) is 0 Å². The summed E-state index contributed by atoms with van der Waals surface area (Å²) >= 11 is 3.47. The maximum Gasteiger partial charge on any atom is 0.334 e. The van der Waals surface area contributed by atoms with E-state index in [2.05, 4.69) is 20.7 Å². The molecule has 0 saturated carbocycles.